The molecule has 0 spiro atoms. The maximum absolute atomic E-state index is 11.9. The fraction of sp³-hybridized carbons (Fsp3) is 0.533. The number of methoxy groups -OCH3 is 1. The van der Waals surface area contributed by atoms with Crippen LogP contribution in [-0.2, 0) is 10.3 Å². The molecule has 0 saturated heterocycles. The molecule has 1 aromatic rings. The Morgan fingerprint density at radius 2 is 2.21 bits per heavy atom. The first-order chi connectivity index (χ1) is 8.97. The van der Waals surface area contributed by atoms with Gasteiger partial charge in [0.25, 0.3) is 0 Å². The molecule has 1 amide bonds. The maximum Gasteiger partial charge on any atom is 0.242 e. The zero-order valence-corrected chi connectivity index (χ0v) is 11.8. The average Bonchev–Trinajstić information content (AvgIpc) is 3.19. The first kappa shape index (κ1) is 13.9. The van der Waals surface area contributed by atoms with E-state index < -0.39 is 5.54 Å². The molecule has 0 aromatic heterocycles. The normalized spacial score (nSPS) is 17.8. The Kier molecular flexibility index (Phi) is 3.80. The molecule has 0 aliphatic heterocycles. The van der Waals surface area contributed by atoms with Crippen molar-refractivity contribution in [1.82, 2.24) is 5.32 Å². The molecule has 1 unspecified atom stereocenters. The average molecular weight is 262 g/mol. The van der Waals surface area contributed by atoms with Crippen molar-refractivity contribution in [1.29, 1.82) is 0 Å². The Bertz CT molecular complexity index is 483. The van der Waals surface area contributed by atoms with Crippen LogP contribution in [0.15, 0.2) is 18.2 Å². The number of nitrogens with two attached hydrogens (primary N) is 1. The first-order valence-electron chi connectivity index (χ1n) is 6.67. The number of hydrogen-bond donors (Lipinski definition) is 2. The van der Waals surface area contributed by atoms with E-state index in [1.165, 1.54) is 12.8 Å². The Balaban J connectivity index is 2.35. The van der Waals surface area contributed by atoms with E-state index in [0.717, 1.165) is 17.7 Å². The molecule has 0 heterocycles. The van der Waals surface area contributed by atoms with Crippen molar-refractivity contribution in [2.45, 2.75) is 32.2 Å². The minimum absolute atomic E-state index is 0.378. The number of primary amides is 1. The van der Waals surface area contributed by atoms with Gasteiger partial charge in [-0.3, -0.25) is 10.1 Å². The van der Waals surface area contributed by atoms with Gasteiger partial charge < -0.3 is 10.5 Å². The van der Waals surface area contributed by atoms with Gasteiger partial charge in [-0.25, -0.2) is 0 Å². The van der Waals surface area contributed by atoms with E-state index in [-0.39, 0.29) is 5.91 Å². The van der Waals surface area contributed by atoms with Crippen LogP contribution >= 0.6 is 0 Å². The lowest BCUT2D eigenvalue weighted by atomic mass is 9.89. The van der Waals surface area contributed by atoms with Crippen LogP contribution in [0.4, 0.5) is 0 Å². The molecule has 4 nitrogen and oxygen atoms in total. The second-order valence-electron chi connectivity index (χ2n) is 5.52. The monoisotopic (exact) mass is 262 g/mol. The van der Waals surface area contributed by atoms with Crippen LogP contribution in [0, 0.1) is 12.8 Å². The highest BCUT2D eigenvalue weighted by molar-refractivity contribution is 5.86. The van der Waals surface area contributed by atoms with Gasteiger partial charge >= 0.3 is 0 Å². The SMILES string of the molecule is COc1ccc(C)cc1C(C)(NCC1CC1)C(N)=O. The fourth-order valence-corrected chi connectivity index (χ4v) is 2.20. The van der Waals surface area contributed by atoms with E-state index in [1.807, 2.05) is 32.0 Å². The largest absolute Gasteiger partial charge is 0.496 e. The van der Waals surface area contributed by atoms with Crippen molar-refractivity contribution in [3.8, 4) is 5.75 Å². The Hall–Kier alpha value is -1.55. The van der Waals surface area contributed by atoms with Crippen molar-refractivity contribution >= 4 is 5.91 Å². The zero-order chi connectivity index (χ0) is 14.0. The highest BCUT2D eigenvalue weighted by atomic mass is 16.5. The molecule has 1 aliphatic carbocycles. The van der Waals surface area contributed by atoms with E-state index in [2.05, 4.69) is 5.32 Å². The standard InChI is InChI=1S/C15H22N2O2/c1-10-4-7-13(19-3)12(8-10)15(2,14(16)18)17-9-11-5-6-11/h4,7-8,11,17H,5-6,9H2,1-3H3,(H2,16,18). The summed E-state index contributed by atoms with van der Waals surface area (Å²) < 4.78 is 5.37. The molecule has 3 N–H and O–H groups in total. The summed E-state index contributed by atoms with van der Waals surface area (Å²) in [5.41, 5.74) is 6.63. The fourth-order valence-electron chi connectivity index (χ4n) is 2.20. The lowest BCUT2D eigenvalue weighted by molar-refractivity contribution is -0.124. The predicted molar refractivity (Wildman–Crippen MR) is 75.0 cm³/mol. The second-order valence-corrected chi connectivity index (χ2v) is 5.52. The summed E-state index contributed by atoms with van der Waals surface area (Å²) >= 11 is 0. The number of rotatable bonds is 6. The van der Waals surface area contributed by atoms with Crippen molar-refractivity contribution < 1.29 is 9.53 Å². The Morgan fingerprint density at radius 1 is 1.53 bits per heavy atom. The van der Waals surface area contributed by atoms with Gasteiger partial charge in [0, 0.05) is 5.56 Å². The van der Waals surface area contributed by atoms with E-state index in [4.69, 9.17) is 10.5 Å². The van der Waals surface area contributed by atoms with E-state index >= 15 is 0 Å². The molecule has 1 aliphatic rings. The van der Waals surface area contributed by atoms with Gasteiger partial charge in [0.05, 0.1) is 7.11 Å². The lowest BCUT2D eigenvalue weighted by Crippen LogP contribution is -2.51. The highest BCUT2D eigenvalue weighted by Crippen LogP contribution is 2.33. The number of carbonyl (C=O) groups is 1. The van der Waals surface area contributed by atoms with Gasteiger partial charge in [-0.2, -0.15) is 0 Å². The molecule has 4 heteroatoms. The minimum Gasteiger partial charge on any atom is -0.496 e. The number of amides is 1. The number of ether oxygens (including phenoxy) is 1. The van der Waals surface area contributed by atoms with E-state index in [0.29, 0.717) is 11.7 Å². The topological polar surface area (TPSA) is 64.3 Å². The quantitative estimate of drug-likeness (QED) is 0.820. The molecule has 2 rings (SSSR count). The summed E-state index contributed by atoms with van der Waals surface area (Å²) in [5, 5.41) is 3.32. The van der Waals surface area contributed by atoms with Crippen LogP contribution < -0.4 is 15.8 Å². The van der Waals surface area contributed by atoms with Gasteiger partial charge in [0.2, 0.25) is 5.91 Å². The summed E-state index contributed by atoms with van der Waals surface area (Å²) in [6.07, 6.45) is 2.46. The van der Waals surface area contributed by atoms with Crippen molar-refractivity contribution in [2.24, 2.45) is 11.7 Å². The minimum atomic E-state index is -0.889. The predicted octanol–water partition coefficient (Wildman–Crippen LogP) is 1.70. The van der Waals surface area contributed by atoms with Gasteiger partial charge in [0.1, 0.15) is 11.3 Å². The zero-order valence-electron chi connectivity index (χ0n) is 11.8. The number of hydrogen-bond acceptors (Lipinski definition) is 3. The van der Waals surface area contributed by atoms with E-state index in [1.54, 1.807) is 7.11 Å². The third-order valence-corrected chi connectivity index (χ3v) is 3.83. The summed E-state index contributed by atoms with van der Waals surface area (Å²) in [7, 11) is 1.61. The van der Waals surface area contributed by atoms with Crippen LogP contribution in [0.2, 0.25) is 0 Å². The Labute approximate surface area is 114 Å². The molecule has 1 fully saturated rings. The lowest BCUT2D eigenvalue weighted by Gasteiger charge is -2.30. The van der Waals surface area contributed by atoms with E-state index in [9.17, 15) is 4.79 Å². The van der Waals surface area contributed by atoms with Crippen LogP contribution in [-0.4, -0.2) is 19.6 Å². The van der Waals surface area contributed by atoms with Crippen molar-refractivity contribution in [3.05, 3.63) is 29.3 Å². The summed E-state index contributed by atoms with van der Waals surface area (Å²) in [6.45, 7) is 4.64. The van der Waals surface area contributed by atoms with Crippen molar-refractivity contribution in [2.75, 3.05) is 13.7 Å². The third-order valence-electron chi connectivity index (χ3n) is 3.83. The third kappa shape index (κ3) is 2.89. The Morgan fingerprint density at radius 3 is 2.74 bits per heavy atom. The molecule has 0 radical (unpaired) electrons. The second kappa shape index (κ2) is 5.21. The van der Waals surface area contributed by atoms with Gasteiger partial charge in [0.15, 0.2) is 0 Å². The number of carbonyl (C=O) groups excluding carboxylic acids is 1. The molecule has 1 aromatic carbocycles. The molecule has 19 heavy (non-hydrogen) atoms. The number of aryl methyl sites for hydroxylation is 1. The van der Waals surface area contributed by atoms with Crippen molar-refractivity contribution in [3.63, 3.8) is 0 Å². The molecular weight excluding hydrogens is 240 g/mol. The van der Waals surface area contributed by atoms with Crippen LogP contribution in [0.25, 0.3) is 0 Å². The van der Waals surface area contributed by atoms with Gasteiger partial charge in [-0.05, 0) is 51.3 Å². The molecule has 1 saturated carbocycles. The molecular formula is C15H22N2O2. The van der Waals surface area contributed by atoms with Gasteiger partial charge in [-0.15, -0.1) is 0 Å². The number of nitrogens with one attached hydrogen (secondary N) is 1. The highest BCUT2D eigenvalue weighted by Gasteiger charge is 2.37. The van der Waals surface area contributed by atoms with Crippen LogP contribution in [0.1, 0.15) is 30.9 Å². The summed E-state index contributed by atoms with van der Waals surface area (Å²) in [4.78, 5) is 11.9. The molecule has 104 valence electrons. The summed E-state index contributed by atoms with van der Waals surface area (Å²) in [5.74, 6) is 0.988. The van der Waals surface area contributed by atoms with Crippen LogP contribution in [0.5, 0.6) is 5.75 Å². The smallest absolute Gasteiger partial charge is 0.242 e. The van der Waals surface area contributed by atoms with Gasteiger partial charge in [-0.1, -0.05) is 11.6 Å². The first-order valence-corrected chi connectivity index (χ1v) is 6.67. The van der Waals surface area contributed by atoms with Crippen LogP contribution in [0.3, 0.4) is 0 Å². The molecule has 0 bridgehead atoms. The maximum atomic E-state index is 11.9. The number of benzene rings is 1. The molecule has 1 atom stereocenters. The summed E-state index contributed by atoms with van der Waals surface area (Å²) in [6, 6.07) is 5.80.